The van der Waals surface area contributed by atoms with Gasteiger partial charge in [0, 0.05) is 29.1 Å². The largest absolute Gasteiger partial charge is 0.398 e. The molecular formula is C14H22N2O2. The van der Waals surface area contributed by atoms with Gasteiger partial charge in [-0.05, 0) is 44.9 Å². The van der Waals surface area contributed by atoms with E-state index in [9.17, 15) is 4.79 Å². The first-order chi connectivity index (χ1) is 8.41. The van der Waals surface area contributed by atoms with Crippen molar-refractivity contribution in [1.82, 2.24) is 0 Å². The molecular weight excluding hydrogens is 228 g/mol. The zero-order valence-electron chi connectivity index (χ0n) is 11.3. The van der Waals surface area contributed by atoms with Gasteiger partial charge in [0.1, 0.15) is 0 Å². The van der Waals surface area contributed by atoms with Gasteiger partial charge in [-0.3, -0.25) is 4.79 Å². The molecule has 18 heavy (non-hydrogen) atoms. The SMILES string of the molecule is CCC(C)(CCO)Nc1ccc(C(C)=O)c(N)c1. The first-order valence-corrected chi connectivity index (χ1v) is 6.21. The summed E-state index contributed by atoms with van der Waals surface area (Å²) in [6.07, 6.45) is 1.56. The summed E-state index contributed by atoms with van der Waals surface area (Å²) in [6.45, 7) is 5.76. The zero-order chi connectivity index (χ0) is 13.8. The highest BCUT2D eigenvalue weighted by Crippen LogP contribution is 2.25. The first-order valence-electron chi connectivity index (χ1n) is 6.21. The van der Waals surface area contributed by atoms with Gasteiger partial charge in [-0.15, -0.1) is 0 Å². The van der Waals surface area contributed by atoms with E-state index < -0.39 is 0 Å². The third-order valence-electron chi connectivity index (χ3n) is 3.32. The molecule has 1 rings (SSSR count). The van der Waals surface area contributed by atoms with Gasteiger partial charge >= 0.3 is 0 Å². The number of aliphatic hydroxyl groups excluding tert-OH is 1. The molecule has 4 nitrogen and oxygen atoms in total. The Labute approximate surface area is 108 Å². The average Bonchev–Trinajstić information content (AvgIpc) is 2.28. The lowest BCUT2D eigenvalue weighted by Gasteiger charge is -2.30. The minimum absolute atomic E-state index is 0.0346. The Morgan fingerprint density at radius 1 is 1.50 bits per heavy atom. The van der Waals surface area contributed by atoms with Crippen molar-refractivity contribution in [2.75, 3.05) is 17.7 Å². The van der Waals surface area contributed by atoms with Crippen LogP contribution in [-0.4, -0.2) is 23.0 Å². The maximum absolute atomic E-state index is 11.3. The Morgan fingerprint density at radius 3 is 2.61 bits per heavy atom. The molecule has 0 amide bonds. The summed E-state index contributed by atoms with van der Waals surface area (Å²) < 4.78 is 0. The molecule has 0 radical (unpaired) electrons. The molecule has 1 atom stereocenters. The molecule has 4 N–H and O–H groups in total. The molecule has 0 aliphatic carbocycles. The van der Waals surface area contributed by atoms with E-state index in [0.717, 1.165) is 12.1 Å². The molecule has 1 unspecified atom stereocenters. The summed E-state index contributed by atoms with van der Waals surface area (Å²) >= 11 is 0. The number of ketones is 1. The molecule has 0 aromatic heterocycles. The number of carbonyl (C=O) groups is 1. The van der Waals surface area contributed by atoms with Gasteiger partial charge in [0.15, 0.2) is 5.78 Å². The monoisotopic (exact) mass is 250 g/mol. The highest BCUT2D eigenvalue weighted by Gasteiger charge is 2.21. The molecule has 0 heterocycles. The Hall–Kier alpha value is -1.55. The van der Waals surface area contributed by atoms with E-state index >= 15 is 0 Å². The molecule has 100 valence electrons. The van der Waals surface area contributed by atoms with Crippen LogP contribution in [0.5, 0.6) is 0 Å². The van der Waals surface area contributed by atoms with E-state index in [0.29, 0.717) is 17.7 Å². The molecule has 4 heteroatoms. The van der Waals surface area contributed by atoms with Crippen molar-refractivity contribution in [3.8, 4) is 0 Å². The minimum Gasteiger partial charge on any atom is -0.398 e. The summed E-state index contributed by atoms with van der Waals surface area (Å²) in [4.78, 5) is 11.3. The number of aliphatic hydroxyl groups is 1. The maximum Gasteiger partial charge on any atom is 0.161 e. The van der Waals surface area contributed by atoms with Crippen LogP contribution >= 0.6 is 0 Å². The fourth-order valence-electron chi connectivity index (χ4n) is 1.88. The zero-order valence-corrected chi connectivity index (χ0v) is 11.3. The number of nitrogens with two attached hydrogens (primary N) is 1. The standard InChI is InChI=1S/C14H22N2O2/c1-4-14(3,7-8-17)16-11-5-6-12(10(2)18)13(15)9-11/h5-6,9,16-17H,4,7-8,15H2,1-3H3. The van der Waals surface area contributed by atoms with Crippen LogP contribution in [0.4, 0.5) is 11.4 Å². The van der Waals surface area contributed by atoms with Gasteiger partial charge < -0.3 is 16.2 Å². The Kier molecular flexibility index (Phi) is 4.73. The van der Waals surface area contributed by atoms with Crippen molar-refractivity contribution < 1.29 is 9.90 Å². The van der Waals surface area contributed by atoms with Gasteiger partial charge in [-0.1, -0.05) is 6.92 Å². The van der Waals surface area contributed by atoms with Crippen LogP contribution in [0.3, 0.4) is 0 Å². The van der Waals surface area contributed by atoms with Gasteiger partial charge in [0.2, 0.25) is 0 Å². The Morgan fingerprint density at radius 2 is 2.17 bits per heavy atom. The van der Waals surface area contributed by atoms with Crippen LogP contribution < -0.4 is 11.1 Å². The number of benzene rings is 1. The third kappa shape index (κ3) is 3.47. The van der Waals surface area contributed by atoms with Crippen LogP contribution in [0, 0.1) is 0 Å². The number of rotatable bonds is 6. The van der Waals surface area contributed by atoms with Crippen molar-refractivity contribution >= 4 is 17.2 Å². The smallest absolute Gasteiger partial charge is 0.161 e. The first kappa shape index (κ1) is 14.5. The summed E-state index contributed by atoms with van der Waals surface area (Å²) in [7, 11) is 0. The van der Waals surface area contributed by atoms with Gasteiger partial charge in [0.05, 0.1) is 0 Å². The highest BCUT2D eigenvalue weighted by molar-refractivity contribution is 5.99. The molecule has 0 aliphatic rings. The lowest BCUT2D eigenvalue weighted by Crippen LogP contribution is -2.35. The van der Waals surface area contributed by atoms with E-state index in [4.69, 9.17) is 10.8 Å². The van der Waals surface area contributed by atoms with E-state index in [1.54, 1.807) is 12.1 Å². The number of carbonyl (C=O) groups excluding carboxylic acids is 1. The summed E-state index contributed by atoms with van der Waals surface area (Å²) in [5.74, 6) is -0.0346. The van der Waals surface area contributed by atoms with Gasteiger partial charge in [0.25, 0.3) is 0 Å². The molecule has 0 spiro atoms. The number of anilines is 2. The maximum atomic E-state index is 11.3. The molecule has 0 fully saturated rings. The fraction of sp³-hybridized carbons (Fsp3) is 0.500. The van der Waals surface area contributed by atoms with Crippen LogP contribution in [-0.2, 0) is 0 Å². The molecule has 1 aromatic carbocycles. The molecule has 0 saturated carbocycles. The Balaban J connectivity index is 2.92. The lowest BCUT2D eigenvalue weighted by atomic mass is 9.94. The summed E-state index contributed by atoms with van der Waals surface area (Å²) in [5, 5.41) is 12.4. The number of hydrogen-bond donors (Lipinski definition) is 3. The molecule has 0 bridgehead atoms. The van der Waals surface area contributed by atoms with Crippen LogP contribution in [0.15, 0.2) is 18.2 Å². The van der Waals surface area contributed by atoms with Gasteiger partial charge in [-0.25, -0.2) is 0 Å². The second kappa shape index (κ2) is 5.87. The average molecular weight is 250 g/mol. The van der Waals surface area contributed by atoms with Crippen LogP contribution in [0.25, 0.3) is 0 Å². The number of nitrogen functional groups attached to an aromatic ring is 1. The van der Waals surface area contributed by atoms with Crippen molar-refractivity contribution in [2.24, 2.45) is 0 Å². The second-order valence-corrected chi connectivity index (χ2v) is 4.87. The van der Waals surface area contributed by atoms with Crippen molar-refractivity contribution in [3.05, 3.63) is 23.8 Å². The topological polar surface area (TPSA) is 75.3 Å². The predicted octanol–water partition coefficient (Wildman–Crippen LogP) is 2.43. The number of nitrogens with one attached hydrogen (secondary N) is 1. The summed E-state index contributed by atoms with van der Waals surface area (Å²) in [5.41, 5.74) is 7.57. The Bertz CT molecular complexity index is 432. The van der Waals surface area contributed by atoms with E-state index in [1.807, 2.05) is 6.07 Å². The van der Waals surface area contributed by atoms with E-state index in [-0.39, 0.29) is 17.9 Å². The fourth-order valence-corrected chi connectivity index (χ4v) is 1.88. The molecule has 0 aliphatic heterocycles. The van der Waals surface area contributed by atoms with Gasteiger partial charge in [-0.2, -0.15) is 0 Å². The van der Waals surface area contributed by atoms with E-state index in [2.05, 4.69) is 19.2 Å². The van der Waals surface area contributed by atoms with E-state index in [1.165, 1.54) is 6.92 Å². The van der Waals surface area contributed by atoms with Crippen molar-refractivity contribution in [3.63, 3.8) is 0 Å². The molecule has 0 saturated heterocycles. The van der Waals surface area contributed by atoms with Crippen LogP contribution in [0.2, 0.25) is 0 Å². The normalized spacial score (nSPS) is 14.0. The summed E-state index contributed by atoms with van der Waals surface area (Å²) in [6, 6.07) is 5.34. The van der Waals surface area contributed by atoms with Crippen LogP contribution in [0.1, 0.15) is 44.0 Å². The van der Waals surface area contributed by atoms with Crippen molar-refractivity contribution in [1.29, 1.82) is 0 Å². The number of Topliss-reactive ketones (excluding diaryl/α,β-unsaturated/α-hetero) is 1. The highest BCUT2D eigenvalue weighted by atomic mass is 16.3. The minimum atomic E-state index is -0.168. The molecule has 1 aromatic rings. The lowest BCUT2D eigenvalue weighted by molar-refractivity contribution is 0.101. The quantitative estimate of drug-likeness (QED) is 0.535. The number of hydrogen-bond acceptors (Lipinski definition) is 4. The predicted molar refractivity (Wildman–Crippen MR) is 74.9 cm³/mol. The second-order valence-electron chi connectivity index (χ2n) is 4.87. The van der Waals surface area contributed by atoms with Crippen molar-refractivity contribution in [2.45, 2.75) is 39.2 Å². The third-order valence-corrected chi connectivity index (χ3v) is 3.32.